The summed E-state index contributed by atoms with van der Waals surface area (Å²) < 4.78 is 45.4. The van der Waals surface area contributed by atoms with Gasteiger partial charge in [0.2, 0.25) is 0 Å². The number of hydrogen-bond acceptors (Lipinski definition) is 6. The van der Waals surface area contributed by atoms with Gasteiger partial charge in [0.1, 0.15) is 6.04 Å². The summed E-state index contributed by atoms with van der Waals surface area (Å²) in [4.78, 5) is 11.3. The molecule has 0 saturated carbocycles. The molecule has 1 heterocycles. The summed E-state index contributed by atoms with van der Waals surface area (Å²) in [6.07, 6.45) is -4.70. The molecule has 1 saturated heterocycles. The van der Waals surface area contributed by atoms with E-state index in [4.69, 9.17) is 4.74 Å². The van der Waals surface area contributed by atoms with Gasteiger partial charge in [-0.3, -0.25) is 15.0 Å². The number of non-ortho nitro benzene ring substituents is 1. The number of halogens is 5. The van der Waals surface area contributed by atoms with Crippen molar-refractivity contribution in [1.82, 2.24) is 10.2 Å². The quantitative estimate of drug-likeness (QED) is 0.589. The Morgan fingerprint density at radius 2 is 1.88 bits per heavy atom. The molecule has 7 nitrogen and oxygen atoms in total. The number of methoxy groups -OCH3 is 1. The van der Waals surface area contributed by atoms with Crippen LogP contribution in [0.25, 0.3) is 0 Å². The topological polar surface area (TPSA) is 87.9 Å². The number of aromatic hydroxyl groups is 1. The van der Waals surface area contributed by atoms with Gasteiger partial charge in [0.25, 0.3) is 5.69 Å². The minimum Gasteiger partial charge on any atom is -0.504 e. The molecule has 0 bridgehead atoms. The maximum absolute atomic E-state index is 13.6. The van der Waals surface area contributed by atoms with Gasteiger partial charge < -0.3 is 15.2 Å². The van der Waals surface area contributed by atoms with Crippen molar-refractivity contribution in [3.63, 3.8) is 0 Å². The van der Waals surface area contributed by atoms with Crippen LogP contribution in [0.5, 0.6) is 11.5 Å². The lowest BCUT2D eigenvalue weighted by molar-refractivity contribution is -0.385. The van der Waals surface area contributed by atoms with E-state index < -0.39 is 34.1 Å². The van der Waals surface area contributed by atoms with Gasteiger partial charge in [-0.05, 0) is 0 Å². The molecule has 1 fully saturated rings. The second kappa shape index (κ2) is 9.27. The van der Waals surface area contributed by atoms with Crippen molar-refractivity contribution in [2.24, 2.45) is 0 Å². The predicted molar refractivity (Wildman–Crippen MR) is 89.0 cm³/mol. The number of alkyl halides is 3. The van der Waals surface area contributed by atoms with Gasteiger partial charge in [-0.2, -0.15) is 13.2 Å². The third kappa shape index (κ3) is 5.24. The molecule has 25 heavy (non-hydrogen) atoms. The van der Waals surface area contributed by atoms with E-state index in [2.05, 4.69) is 5.32 Å². The summed E-state index contributed by atoms with van der Waals surface area (Å²) in [5.41, 5.74) is -1.15. The molecule has 2 N–H and O–H groups in total. The highest BCUT2D eigenvalue weighted by Gasteiger charge is 2.47. The molecule has 1 aliphatic rings. The normalized spacial score (nSPS) is 16.3. The number of phenols is 1. The zero-order valence-electron chi connectivity index (χ0n) is 13.1. The van der Waals surface area contributed by atoms with Crippen LogP contribution in [-0.2, 0) is 0 Å². The summed E-state index contributed by atoms with van der Waals surface area (Å²) in [5, 5.41) is 23.9. The molecule has 1 aliphatic heterocycles. The lowest BCUT2D eigenvalue weighted by atomic mass is 10.0. The highest BCUT2D eigenvalue weighted by molar-refractivity contribution is 5.85. The molecule has 0 aromatic heterocycles. The van der Waals surface area contributed by atoms with Gasteiger partial charge in [0.05, 0.1) is 18.1 Å². The molecule has 1 aromatic carbocycles. The number of rotatable bonds is 4. The van der Waals surface area contributed by atoms with Crippen LogP contribution in [-0.4, -0.2) is 54.4 Å². The average Bonchev–Trinajstić information content (AvgIpc) is 2.48. The standard InChI is InChI=1S/C13H16F3N3O4.2ClH/c1-23-10-7-8(19(21)22)6-9(11(10)20)12(13(14,15)16)18-4-2-17-3-5-18;;/h6-7,12,17,20H,2-5H2,1H3;2*1H/t12-;;/m1../s1. The first-order chi connectivity index (χ1) is 10.8. The van der Waals surface area contributed by atoms with E-state index in [1.165, 1.54) is 0 Å². The Morgan fingerprint density at radius 1 is 1.32 bits per heavy atom. The predicted octanol–water partition coefficient (Wildman–Crippen LogP) is 2.66. The Balaban J connectivity index is 0.00000288. The summed E-state index contributed by atoms with van der Waals surface area (Å²) in [6, 6.07) is -0.499. The van der Waals surface area contributed by atoms with Crippen LogP contribution in [0.4, 0.5) is 18.9 Å². The molecule has 144 valence electrons. The number of nitrogens with zero attached hydrogens (tertiary/aromatic N) is 2. The van der Waals surface area contributed by atoms with E-state index in [9.17, 15) is 28.4 Å². The molecule has 1 aromatic rings. The lowest BCUT2D eigenvalue weighted by Gasteiger charge is -2.36. The number of ether oxygens (including phenoxy) is 1. The molecule has 0 amide bonds. The van der Waals surface area contributed by atoms with Crippen molar-refractivity contribution >= 4 is 30.5 Å². The van der Waals surface area contributed by atoms with Crippen molar-refractivity contribution in [3.05, 3.63) is 27.8 Å². The summed E-state index contributed by atoms with van der Waals surface area (Å²) >= 11 is 0. The van der Waals surface area contributed by atoms with Crippen LogP contribution >= 0.6 is 24.8 Å². The van der Waals surface area contributed by atoms with Crippen molar-refractivity contribution in [3.8, 4) is 11.5 Å². The molecule has 12 heteroatoms. The fraction of sp³-hybridized carbons (Fsp3) is 0.538. The fourth-order valence-electron chi connectivity index (χ4n) is 2.60. The molecule has 0 unspecified atom stereocenters. The third-order valence-electron chi connectivity index (χ3n) is 3.64. The summed E-state index contributed by atoms with van der Waals surface area (Å²) in [7, 11) is 1.12. The van der Waals surface area contributed by atoms with Gasteiger partial charge >= 0.3 is 6.18 Å². The number of benzene rings is 1. The number of hydrogen-bond donors (Lipinski definition) is 2. The average molecular weight is 408 g/mol. The van der Waals surface area contributed by atoms with Gasteiger partial charge in [-0.15, -0.1) is 24.8 Å². The van der Waals surface area contributed by atoms with Crippen LogP contribution in [0.15, 0.2) is 12.1 Å². The second-order valence-electron chi connectivity index (χ2n) is 5.07. The third-order valence-corrected chi connectivity index (χ3v) is 3.64. The van der Waals surface area contributed by atoms with Gasteiger partial charge in [-0.25, -0.2) is 0 Å². The van der Waals surface area contributed by atoms with Gasteiger partial charge in [0, 0.05) is 37.8 Å². The van der Waals surface area contributed by atoms with Crippen LogP contribution < -0.4 is 10.1 Å². The van der Waals surface area contributed by atoms with Crippen molar-refractivity contribution in [1.29, 1.82) is 0 Å². The first-order valence-electron chi connectivity index (χ1n) is 6.82. The maximum atomic E-state index is 13.6. The Hall–Kier alpha value is -1.49. The van der Waals surface area contributed by atoms with Crippen LogP contribution in [0.3, 0.4) is 0 Å². The number of nitro benzene ring substituents is 1. The second-order valence-corrected chi connectivity index (χ2v) is 5.07. The molecule has 0 aliphatic carbocycles. The van der Waals surface area contributed by atoms with Crippen molar-refractivity contribution in [2.45, 2.75) is 12.2 Å². The number of nitro groups is 1. The number of nitrogens with one attached hydrogen (secondary N) is 1. The van der Waals surface area contributed by atoms with E-state index in [0.717, 1.165) is 24.1 Å². The van der Waals surface area contributed by atoms with E-state index in [0.29, 0.717) is 13.1 Å². The summed E-state index contributed by atoms with van der Waals surface area (Å²) in [6.45, 7) is 0.933. The Labute approximate surface area is 154 Å². The molecule has 0 radical (unpaired) electrons. The minimum atomic E-state index is -4.70. The Bertz CT molecular complexity index is 599. The first-order valence-corrected chi connectivity index (χ1v) is 6.82. The van der Waals surface area contributed by atoms with Crippen molar-refractivity contribution in [2.75, 3.05) is 33.3 Å². The zero-order valence-corrected chi connectivity index (χ0v) is 14.7. The highest BCUT2D eigenvalue weighted by Crippen LogP contribution is 2.46. The minimum absolute atomic E-state index is 0. The monoisotopic (exact) mass is 407 g/mol. The van der Waals surface area contributed by atoms with Gasteiger partial charge in [0.15, 0.2) is 11.5 Å². The van der Waals surface area contributed by atoms with E-state index in [1.807, 2.05) is 0 Å². The number of piperazine rings is 1. The SMILES string of the molecule is COc1cc([N+](=O)[O-])cc([C@@H](N2CCNCC2)C(F)(F)F)c1O.Cl.Cl. The van der Waals surface area contributed by atoms with E-state index in [-0.39, 0.29) is 43.7 Å². The Morgan fingerprint density at radius 3 is 2.32 bits per heavy atom. The molecular weight excluding hydrogens is 390 g/mol. The van der Waals surface area contributed by atoms with Crippen LogP contribution in [0.2, 0.25) is 0 Å². The molecule has 2 rings (SSSR count). The van der Waals surface area contributed by atoms with E-state index in [1.54, 1.807) is 0 Å². The maximum Gasteiger partial charge on any atom is 0.408 e. The smallest absolute Gasteiger partial charge is 0.408 e. The highest BCUT2D eigenvalue weighted by atomic mass is 35.5. The van der Waals surface area contributed by atoms with Crippen LogP contribution in [0.1, 0.15) is 11.6 Å². The van der Waals surface area contributed by atoms with E-state index >= 15 is 0 Å². The zero-order chi connectivity index (χ0) is 17.2. The van der Waals surface area contributed by atoms with Crippen molar-refractivity contribution < 1.29 is 27.9 Å². The molecule has 0 spiro atoms. The molecule has 1 atom stereocenters. The largest absolute Gasteiger partial charge is 0.504 e. The Kier molecular flexibility index (Phi) is 8.72. The molecular formula is C13H18Cl2F3N3O4. The van der Waals surface area contributed by atoms with Crippen LogP contribution in [0, 0.1) is 10.1 Å². The number of phenolic OH excluding ortho intramolecular Hbond substituents is 1. The van der Waals surface area contributed by atoms with Gasteiger partial charge in [-0.1, -0.05) is 0 Å². The first kappa shape index (κ1) is 23.5. The lowest BCUT2D eigenvalue weighted by Crippen LogP contribution is -2.49. The fourth-order valence-corrected chi connectivity index (χ4v) is 2.60. The summed E-state index contributed by atoms with van der Waals surface area (Å²) in [5.74, 6) is -1.10.